The van der Waals surface area contributed by atoms with E-state index in [1.165, 1.54) is 25.7 Å². The number of aromatic nitrogens is 2. The Morgan fingerprint density at radius 3 is 2.67 bits per heavy atom. The van der Waals surface area contributed by atoms with Crippen molar-refractivity contribution in [2.75, 3.05) is 5.73 Å². The molecule has 0 amide bonds. The van der Waals surface area contributed by atoms with Crippen LogP contribution in [0.4, 0.5) is 5.82 Å². The van der Waals surface area contributed by atoms with Gasteiger partial charge in [0.2, 0.25) is 0 Å². The summed E-state index contributed by atoms with van der Waals surface area (Å²) in [4.78, 5) is 9.21. The van der Waals surface area contributed by atoms with Crippen molar-refractivity contribution in [2.24, 2.45) is 0 Å². The lowest BCUT2D eigenvalue weighted by atomic mass is 10.0. The summed E-state index contributed by atoms with van der Waals surface area (Å²) in [6, 6.07) is 5.68. The zero-order chi connectivity index (χ0) is 15.0. The predicted molar refractivity (Wildman–Crippen MR) is 98.5 cm³/mol. The zero-order valence-electron chi connectivity index (χ0n) is 11.2. The van der Waals surface area contributed by atoms with Crippen molar-refractivity contribution in [3.63, 3.8) is 0 Å². The van der Waals surface area contributed by atoms with Gasteiger partial charge in [0.1, 0.15) is 5.82 Å². The van der Waals surface area contributed by atoms with E-state index in [2.05, 4.69) is 43.5 Å². The molecule has 0 spiro atoms. The molecule has 0 aliphatic heterocycles. The van der Waals surface area contributed by atoms with E-state index in [0.29, 0.717) is 22.6 Å². The highest BCUT2D eigenvalue weighted by atomic mass is 127. The molecule has 3 nitrogen and oxygen atoms in total. The molecule has 1 aromatic carbocycles. The molecule has 0 atom stereocenters. The minimum atomic E-state index is 0.492. The molecule has 0 bridgehead atoms. The number of hydrogen-bond acceptors (Lipinski definition) is 3. The molecule has 0 unspecified atom stereocenters. The maximum atomic E-state index is 6.29. The number of nitrogen functional groups attached to an aromatic ring is 1. The number of anilines is 1. The van der Waals surface area contributed by atoms with Crippen LogP contribution in [0.15, 0.2) is 22.7 Å². The highest BCUT2D eigenvalue weighted by Gasteiger charge is 2.24. The van der Waals surface area contributed by atoms with Gasteiger partial charge in [0, 0.05) is 16.0 Å². The Hall–Kier alpha value is -0.400. The van der Waals surface area contributed by atoms with Crippen molar-refractivity contribution in [3.05, 3.63) is 37.0 Å². The lowest BCUT2D eigenvalue weighted by molar-refractivity contribution is 0.691. The maximum absolute atomic E-state index is 6.29. The van der Waals surface area contributed by atoms with Gasteiger partial charge in [-0.15, -0.1) is 0 Å². The molecule has 1 heterocycles. The summed E-state index contributed by atoms with van der Waals surface area (Å²) in [6.07, 6.45) is 4.88. The maximum Gasteiger partial charge on any atom is 0.163 e. The first-order chi connectivity index (χ1) is 10.1. The Morgan fingerprint density at radius 1 is 1.24 bits per heavy atom. The monoisotopic (exact) mass is 477 g/mol. The van der Waals surface area contributed by atoms with Crippen LogP contribution in [0.2, 0.25) is 5.02 Å². The van der Waals surface area contributed by atoms with Crippen molar-refractivity contribution in [3.8, 4) is 11.4 Å². The van der Waals surface area contributed by atoms with E-state index in [0.717, 1.165) is 19.3 Å². The van der Waals surface area contributed by atoms with Crippen LogP contribution < -0.4 is 5.73 Å². The van der Waals surface area contributed by atoms with Gasteiger partial charge in [-0.1, -0.05) is 40.4 Å². The molecule has 3 rings (SSSR count). The van der Waals surface area contributed by atoms with Crippen LogP contribution in [-0.4, -0.2) is 9.97 Å². The molecular formula is C15H14BrClIN3. The first-order valence-corrected chi connectivity index (χ1v) is 9.09. The lowest BCUT2D eigenvalue weighted by Crippen LogP contribution is -2.08. The molecule has 2 aromatic rings. The quantitative estimate of drug-likeness (QED) is 0.588. The van der Waals surface area contributed by atoms with E-state index in [4.69, 9.17) is 22.3 Å². The van der Waals surface area contributed by atoms with E-state index in [-0.39, 0.29) is 0 Å². The smallest absolute Gasteiger partial charge is 0.163 e. The summed E-state index contributed by atoms with van der Waals surface area (Å²) in [5, 5.41) is 0.635. The van der Waals surface area contributed by atoms with Gasteiger partial charge >= 0.3 is 0 Å². The van der Waals surface area contributed by atoms with Gasteiger partial charge in [-0.25, -0.2) is 9.97 Å². The van der Waals surface area contributed by atoms with Crippen LogP contribution in [0, 0.1) is 3.57 Å². The molecule has 1 aliphatic carbocycles. The fraction of sp³-hybridized carbons (Fsp3) is 0.333. The zero-order valence-corrected chi connectivity index (χ0v) is 15.7. The highest BCUT2D eigenvalue weighted by molar-refractivity contribution is 14.1. The first-order valence-electron chi connectivity index (χ1n) is 6.84. The Morgan fingerprint density at radius 2 is 1.95 bits per heavy atom. The van der Waals surface area contributed by atoms with Crippen LogP contribution in [0.3, 0.4) is 0 Å². The summed E-state index contributed by atoms with van der Waals surface area (Å²) in [5.41, 5.74) is 7.99. The van der Waals surface area contributed by atoms with E-state index >= 15 is 0 Å². The highest BCUT2D eigenvalue weighted by Crippen LogP contribution is 2.38. The molecule has 1 saturated carbocycles. The summed E-state index contributed by atoms with van der Waals surface area (Å²) in [6.45, 7) is 0. The van der Waals surface area contributed by atoms with Gasteiger partial charge in [-0.3, -0.25) is 0 Å². The largest absolute Gasteiger partial charge is 0.383 e. The fourth-order valence-electron chi connectivity index (χ4n) is 2.74. The van der Waals surface area contributed by atoms with E-state index in [1.54, 1.807) is 0 Å². The fourth-order valence-corrected chi connectivity index (χ4v) is 3.99. The standard InChI is InChI=1S/C15H14BrClIN3/c16-9-5-6-11(17)10(7-9)15-20-13(8-3-1-2-4-8)12(18)14(19)21-15/h5-8H,1-4H2,(H2,19,20,21). The Bertz CT molecular complexity index is 687. The van der Waals surface area contributed by atoms with Crippen LogP contribution in [0.1, 0.15) is 37.3 Å². The average Bonchev–Trinajstić information content (AvgIpc) is 2.98. The second-order valence-corrected chi connectivity index (χ2v) is 7.64. The average molecular weight is 479 g/mol. The minimum Gasteiger partial charge on any atom is -0.383 e. The third kappa shape index (κ3) is 3.19. The van der Waals surface area contributed by atoms with E-state index in [1.807, 2.05) is 18.2 Å². The van der Waals surface area contributed by atoms with Crippen molar-refractivity contribution >= 4 is 55.9 Å². The Balaban J connectivity index is 2.13. The Kier molecular flexibility index (Phi) is 4.71. The number of halogens is 3. The Labute approximate surface area is 151 Å². The van der Waals surface area contributed by atoms with Crippen LogP contribution in [0.25, 0.3) is 11.4 Å². The van der Waals surface area contributed by atoms with Crippen molar-refractivity contribution in [1.82, 2.24) is 9.97 Å². The molecule has 0 saturated heterocycles. The normalized spacial score (nSPS) is 15.6. The molecule has 6 heteroatoms. The van der Waals surface area contributed by atoms with Crippen molar-refractivity contribution in [1.29, 1.82) is 0 Å². The SMILES string of the molecule is Nc1nc(-c2cc(Br)ccc2Cl)nc(C2CCCC2)c1I. The summed E-state index contributed by atoms with van der Waals surface area (Å²) in [7, 11) is 0. The van der Waals surface area contributed by atoms with Crippen molar-refractivity contribution < 1.29 is 0 Å². The summed E-state index contributed by atoms with van der Waals surface area (Å²) < 4.78 is 1.93. The number of rotatable bonds is 2. The van der Waals surface area contributed by atoms with E-state index in [9.17, 15) is 0 Å². The molecule has 1 aromatic heterocycles. The number of benzene rings is 1. The van der Waals surface area contributed by atoms with Gasteiger partial charge < -0.3 is 5.73 Å². The van der Waals surface area contributed by atoms with Gasteiger partial charge in [-0.2, -0.15) is 0 Å². The third-order valence-corrected chi connectivity index (χ3v) is 5.74. The van der Waals surface area contributed by atoms with Crippen LogP contribution >= 0.6 is 50.1 Å². The van der Waals surface area contributed by atoms with Gasteiger partial charge in [0.25, 0.3) is 0 Å². The number of nitrogens with two attached hydrogens (primary N) is 1. The van der Waals surface area contributed by atoms with Gasteiger partial charge in [0.15, 0.2) is 5.82 Å². The molecular weight excluding hydrogens is 464 g/mol. The van der Waals surface area contributed by atoms with E-state index < -0.39 is 0 Å². The second-order valence-electron chi connectivity index (χ2n) is 5.24. The molecule has 1 aliphatic rings. The number of nitrogens with zero attached hydrogens (tertiary/aromatic N) is 2. The molecule has 110 valence electrons. The molecule has 0 radical (unpaired) electrons. The molecule has 2 N–H and O–H groups in total. The lowest BCUT2D eigenvalue weighted by Gasteiger charge is -2.14. The second kappa shape index (κ2) is 6.38. The predicted octanol–water partition coefficient (Wildman–Crippen LogP) is 5.40. The summed E-state index contributed by atoms with van der Waals surface area (Å²) >= 11 is 12.0. The first kappa shape index (κ1) is 15.5. The minimum absolute atomic E-state index is 0.492. The van der Waals surface area contributed by atoms with Gasteiger partial charge in [0.05, 0.1) is 14.3 Å². The summed E-state index contributed by atoms with van der Waals surface area (Å²) in [5.74, 6) is 1.64. The number of hydrogen-bond donors (Lipinski definition) is 1. The third-order valence-electron chi connectivity index (χ3n) is 3.81. The topological polar surface area (TPSA) is 51.8 Å². The van der Waals surface area contributed by atoms with Gasteiger partial charge in [-0.05, 0) is 53.6 Å². The van der Waals surface area contributed by atoms with Crippen molar-refractivity contribution in [2.45, 2.75) is 31.6 Å². The van der Waals surface area contributed by atoms with Crippen LogP contribution in [0.5, 0.6) is 0 Å². The molecule has 1 fully saturated rings. The molecule has 21 heavy (non-hydrogen) atoms. The van der Waals surface area contributed by atoms with Crippen LogP contribution in [-0.2, 0) is 0 Å².